The molecule has 1 aromatic heterocycles. The van der Waals surface area contributed by atoms with Gasteiger partial charge in [-0.1, -0.05) is 35.3 Å². The number of nitrogens with one attached hydrogen (secondary N) is 2. The minimum absolute atomic E-state index is 0.145. The van der Waals surface area contributed by atoms with E-state index >= 15 is 0 Å². The Bertz CT molecular complexity index is 1380. The van der Waals surface area contributed by atoms with Crippen LogP contribution in [-0.4, -0.2) is 23.1 Å². The SMILES string of the molecule is COc1ccc2oc(-c3cccc(NC(=S)NC(=O)/C=C/c4ccc(Cl)cc4Cl)c3)nc2c1. The van der Waals surface area contributed by atoms with Crippen LogP contribution in [0.25, 0.3) is 28.6 Å². The van der Waals surface area contributed by atoms with E-state index in [-0.39, 0.29) is 5.11 Å². The molecule has 33 heavy (non-hydrogen) atoms. The Labute approximate surface area is 205 Å². The number of rotatable bonds is 5. The fourth-order valence-corrected chi connectivity index (χ4v) is 3.70. The van der Waals surface area contributed by atoms with Gasteiger partial charge in [-0.2, -0.15) is 0 Å². The van der Waals surface area contributed by atoms with Crippen molar-refractivity contribution in [3.8, 4) is 17.2 Å². The Morgan fingerprint density at radius 3 is 2.76 bits per heavy atom. The molecule has 6 nitrogen and oxygen atoms in total. The van der Waals surface area contributed by atoms with Crippen molar-refractivity contribution in [3.05, 3.63) is 82.3 Å². The van der Waals surface area contributed by atoms with E-state index in [4.69, 9.17) is 44.6 Å². The lowest BCUT2D eigenvalue weighted by molar-refractivity contribution is -0.115. The number of anilines is 1. The number of halogens is 2. The molecule has 0 radical (unpaired) electrons. The van der Waals surface area contributed by atoms with Crippen LogP contribution in [0.3, 0.4) is 0 Å². The third-order valence-electron chi connectivity index (χ3n) is 4.58. The van der Waals surface area contributed by atoms with E-state index < -0.39 is 5.91 Å². The van der Waals surface area contributed by atoms with Crippen molar-refractivity contribution in [2.24, 2.45) is 0 Å². The number of aromatic nitrogens is 1. The average molecular weight is 498 g/mol. The van der Waals surface area contributed by atoms with Crippen molar-refractivity contribution < 1.29 is 13.9 Å². The smallest absolute Gasteiger partial charge is 0.250 e. The van der Waals surface area contributed by atoms with Crippen molar-refractivity contribution in [1.29, 1.82) is 0 Å². The van der Waals surface area contributed by atoms with Crippen LogP contribution in [0.2, 0.25) is 10.0 Å². The van der Waals surface area contributed by atoms with Crippen molar-refractivity contribution in [3.63, 3.8) is 0 Å². The normalized spacial score (nSPS) is 11.0. The molecule has 2 N–H and O–H groups in total. The van der Waals surface area contributed by atoms with E-state index in [9.17, 15) is 4.79 Å². The predicted octanol–water partition coefficient (Wildman–Crippen LogP) is 6.34. The summed E-state index contributed by atoms with van der Waals surface area (Å²) >= 11 is 17.2. The highest BCUT2D eigenvalue weighted by atomic mass is 35.5. The van der Waals surface area contributed by atoms with Gasteiger partial charge in [-0.25, -0.2) is 4.98 Å². The summed E-state index contributed by atoms with van der Waals surface area (Å²) in [5, 5.41) is 6.69. The number of methoxy groups -OCH3 is 1. The quantitative estimate of drug-likeness (QED) is 0.247. The zero-order valence-electron chi connectivity index (χ0n) is 17.3. The van der Waals surface area contributed by atoms with Crippen LogP contribution in [-0.2, 0) is 4.79 Å². The summed E-state index contributed by atoms with van der Waals surface area (Å²) in [5.41, 5.74) is 3.43. The van der Waals surface area contributed by atoms with Crippen LogP contribution in [0.5, 0.6) is 5.75 Å². The van der Waals surface area contributed by atoms with E-state index in [1.165, 1.54) is 6.08 Å². The van der Waals surface area contributed by atoms with Gasteiger partial charge in [0.2, 0.25) is 11.8 Å². The first-order chi connectivity index (χ1) is 15.9. The third-order valence-corrected chi connectivity index (χ3v) is 5.34. The second-order valence-electron chi connectivity index (χ2n) is 6.88. The summed E-state index contributed by atoms with van der Waals surface area (Å²) in [7, 11) is 1.60. The molecule has 0 saturated heterocycles. The van der Waals surface area contributed by atoms with Gasteiger partial charge >= 0.3 is 0 Å². The number of ether oxygens (including phenoxy) is 1. The lowest BCUT2D eigenvalue weighted by atomic mass is 10.2. The summed E-state index contributed by atoms with van der Waals surface area (Å²) in [6.45, 7) is 0. The lowest BCUT2D eigenvalue weighted by Gasteiger charge is -2.09. The summed E-state index contributed by atoms with van der Waals surface area (Å²) in [6.07, 6.45) is 2.92. The van der Waals surface area contributed by atoms with Crippen molar-refractivity contribution >= 4 is 69.3 Å². The van der Waals surface area contributed by atoms with Gasteiger partial charge in [0.25, 0.3) is 0 Å². The van der Waals surface area contributed by atoms with E-state index in [0.29, 0.717) is 44.0 Å². The molecule has 0 spiro atoms. The molecule has 0 bridgehead atoms. The van der Waals surface area contributed by atoms with Crippen molar-refractivity contribution in [2.45, 2.75) is 0 Å². The number of nitrogens with zero attached hydrogens (tertiary/aromatic N) is 1. The summed E-state index contributed by atoms with van der Waals surface area (Å²) in [6, 6.07) is 17.8. The van der Waals surface area contributed by atoms with E-state index in [1.807, 2.05) is 36.4 Å². The Kier molecular flexibility index (Phi) is 6.93. The predicted molar refractivity (Wildman–Crippen MR) is 136 cm³/mol. The highest BCUT2D eigenvalue weighted by Gasteiger charge is 2.10. The monoisotopic (exact) mass is 497 g/mol. The molecule has 0 aliphatic carbocycles. The summed E-state index contributed by atoms with van der Waals surface area (Å²) in [5.74, 6) is 0.758. The molecule has 1 heterocycles. The van der Waals surface area contributed by atoms with Crippen molar-refractivity contribution in [1.82, 2.24) is 10.3 Å². The number of carbonyl (C=O) groups excluding carboxylic acids is 1. The van der Waals surface area contributed by atoms with Crippen LogP contribution in [0.1, 0.15) is 5.56 Å². The maximum absolute atomic E-state index is 12.2. The molecule has 4 aromatic rings. The molecule has 0 aliphatic heterocycles. The largest absolute Gasteiger partial charge is 0.497 e. The molecule has 0 atom stereocenters. The van der Waals surface area contributed by atoms with Crippen LogP contribution >= 0.6 is 35.4 Å². The van der Waals surface area contributed by atoms with Gasteiger partial charge in [0.05, 0.1) is 7.11 Å². The van der Waals surface area contributed by atoms with Crippen LogP contribution in [0.15, 0.2) is 71.2 Å². The minimum atomic E-state index is -0.400. The number of amides is 1. The Hall–Kier alpha value is -3.39. The Balaban J connectivity index is 1.42. The average Bonchev–Trinajstić information content (AvgIpc) is 3.22. The minimum Gasteiger partial charge on any atom is -0.497 e. The number of oxazole rings is 1. The van der Waals surface area contributed by atoms with Gasteiger partial charge < -0.3 is 14.5 Å². The number of carbonyl (C=O) groups is 1. The van der Waals surface area contributed by atoms with E-state index in [0.717, 1.165) is 5.56 Å². The second kappa shape index (κ2) is 10.0. The molecule has 0 fully saturated rings. The van der Waals surface area contributed by atoms with Gasteiger partial charge in [0, 0.05) is 33.4 Å². The maximum Gasteiger partial charge on any atom is 0.250 e. The van der Waals surface area contributed by atoms with Crippen LogP contribution < -0.4 is 15.4 Å². The molecule has 4 rings (SSSR count). The first kappa shape index (κ1) is 22.8. The molecule has 3 aromatic carbocycles. The highest BCUT2D eigenvalue weighted by molar-refractivity contribution is 7.80. The molecule has 9 heteroatoms. The van der Waals surface area contributed by atoms with Gasteiger partial charge in [0.15, 0.2) is 10.7 Å². The van der Waals surface area contributed by atoms with E-state index in [1.54, 1.807) is 37.5 Å². The number of fused-ring (bicyclic) bond motifs is 1. The zero-order chi connectivity index (χ0) is 23.4. The summed E-state index contributed by atoms with van der Waals surface area (Å²) in [4.78, 5) is 16.7. The first-order valence-corrected chi connectivity index (χ1v) is 10.9. The van der Waals surface area contributed by atoms with Gasteiger partial charge in [-0.05, 0) is 66.3 Å². The van der Waals surface area contributed by atoms with Crippen LogP contribution in [0.4, 0.5) is 5.69 Å². The maximum atomic E-state index is 12.2. The third kappa shape index (κ3) is 5.70. The standard InChI is InChI=1S/C24H17Cl2N3O3S/c1-31-18-8-9-21-20(13-18)28-23(32-21)15-3-2-4-17(11-15)27-24(33)29-22(30)10-6-14-5-7-16(25)12-19(14)26/h2-13H,1H3,(H2,27,29,30,33)/b10-6+. The number of benzene rings is 3. The molecule has 1 amide bonds. The molecular formula is C24H17Cl2N3O3S. The van der Waals surface area contributed by atoms with E-state index in [2.05, 4.69) is 15.6 Å². The zero-order valence-corrected chi connectivity index (χ0v) is 19.6. The fourth-order valence-electron chi connectivity index (χ4n) is 3.01. The first-order valence-electron chi connectivity index (χ1n) is 9.71. The summed E-state index contributed by atoms with van der Waals surface area (Å²) < 4.78 is 11.1. The molecule has 0 aliphatic rings. The highest BCUT2D eigenvalue weighted by Crippen LogP contribution is 2.28. The molecular weight excluding hydrogens is 481 g/mol. The molecule has 166 valence electrons. The molecule has 0 saturated carbocycles. The number of hydrogen-bond donors (Lipinski definition) is 2. The van der Waals surface area contributed by atoms with Crippen molar-refractivity contribution in [2.75, 3.05) is 12.4 Å². The van der Waals surface area contributed by atoms with Crippen LogP contribution in [0, 0.1) is 0 Å². The van der Waals surface area contributed by atoms with Gasteiger partial charge in [-0.15, -0.1) is 0 Å². The molecule has 0 unspecified atom stereocenters. The fraction of sp³-hybridized carbons (Fsp3) is 0.0417. The lowest BCUT2D eigenvalue weighted by Crippen LogP contribution is -2.32. The second-order valence-corrected chi connectivity index (χ2v) is 8.13. The van der Waals surface area contributed by atoms with Gasteiger partial charge in [0.1, 0.15) is 11.3 Å². The topological polar surface area (TPSA) is 76.4 Å². The Morgan fingerprint density at radius 1 is 1.12 bits per heavy atom. The number of hydrogen-bond acceptors (Lipinski definition) is 5. The Morgan fingerprint density at radius 2 is 1.97 bits per heavy atom. The van der Waals surface area contributed by atoms with Gasteiger partial charge in [-0.3, -0.25) is 10.1 Å². The number of thiocarbonyl (C=S) groups is 1.